The van der Waals surface area contributed by atoms with Crippen molar-refractivity contribution in [2.75, 3.05) is 12.9 Å². The summed E-state index contributed by atoms with van der Waals surface area (Å²) in [6.07, 6.45) is 3.35. The van der Waals surface area contributed by atoms with Gasteiger partial charge in [-0.25, -0.2) is 0 Å². The monoisotopic (exact) mass is 324 g/mol. The van der Waals surface area contributed by atoms with Crippen molar-refractivity contribution in [3.05, 3.63) is 29.8 Å². The highest BCUT2D eigenvalue weighted by atomic mass is 32.2. The van der Waals surface area contributed by atoms with Crippen molar-refractivity contribution in [2.24, 2.45) is 5.16 Å². The van der Waals surface area contributed by atoms with Crippen LogP contribution in [0.5, 0.6) is 5.75 Å². The van der Waals surface area contributed by atoms with Gasteiger partial charge in [0.25, 0.3) is 0 Å². The molecule has 0 unspecified atom stereocenters. The van der Waals surface area contributed by atoms with Gasteiger partial charge in [0.1, 0.15) is 11.8 Å². The summed E-state index contributed by atoms with van der Waals surface area (Å²) in [5.74, 6) is 0.531. The maximum Gasteiger partial charge on any atom is 0.328 e. The van der Waals surface area contributed by atoms with Crippen LogP contribution in [0.15, 0.2) is 29.4 Å². The van der Waals surface area contributed by atoms with Crippen molar-refractivity contribution in [1.29, 1.82) is 5.26 Å². The minimum absolute atomic E-state index is 0.0974. The number of benzene rings is 1. The van der Waals surface area contributed by atoms with E-state index in [4.69, 9.17) is 10.00 Å². The van der Waals surface area contributed by atoms with Gasteiger partial charge in [0.2, 0.25) is 0 Å². The molecule has 0 aromatic heterocycles. The van der Waals surface area contributed by atoms with Crippen molar-refractivity contribution in [3.8, 4) is 11.8 Å². The van der Waals surface area contributed by atoms with Gasteiger partial charge in [-0.15, -0.1) is 0 Å². The van der Waals surface area contributed by atoms with Gasteiger partial charge < -0.3 is 4.74 Å². The first-order valence-electron chi connectivity index (χ1n) is 7.06. The summed E-state index contributed by atoms with van der Waals surface area (Å²) in [6, 6.07) is 8.35. The lowest BCUT2D eigenvalue weighted by Crippen LogP contribution is -2.09. The molecule has 0 radical (unpaired) electrons. The Morgan fingerprint density at radius 3 is 2.45 bits per heavy atom. The molecule has 0 saturated carbocycles. The van der Waals surface area contributed by atoms with E-state index < -0.39 is 10.1 Å². The fourth-order valence-corrected chi connectivity index (χ4v) is 2.54. The fraction of sp³-hybridized carbons (Fsp3) is 0.467. The third kappa shape index (κ3) is 6.14. The summed E-state index contributed by atoms with van der Waals surface area (Å²) in [5.41, 5.74) is 0.365. The molecule has 1 rings (SSSR count). The van der Waals surface area contributed by atoms with Gasteiger partial charge in [0.05, 0.1) is 12.9 Å². The van der Waals surface area contributed by atoms with Crippen molar-refractivity contribution in [3.63, 3.8) is 0 Å². The predicted molar refractivity (Wildman–Crippen MR) is 84.2 cm³/mol. The molecule has 0 amide bonds. The largest absolute Gasteiger partial charge is 0.497 e. The molecule has 0 fully saturated rings. The summed E-state index contributed by atoms with van der Waals surface area (Å²) < 4.78 is 33.0. The number of nitriles is 1. The second-order valence-electron chi connectivity index (χ2n) is 4.68. The van der Waals surface area contributed by atoms with E-state index in [9.17, 15) is 8.42 Å². The van der Waals surface area contributed by atoms with Gasteiger partial charge in [0, 0.05) is 5.56 Å². The molecule has 1 aromatic rings. The summed E-state index contributed by atoms with van der Waals surface area (Å²) in [5, 5.41) is 12.5. The molecule has 0 aliphatic heterocycles. The maximum absolute atomic E-state index is 11.7. The van der Waals surface area contributed by atoms with Crippen LogP contribution in [0.25, 0.3) is 0 Å². The third-order valence-corrected chi connectivity index (χ3v) is 4.05. The van der Waals surface area contributed by atoms with Crippen LogP contribution in [0.3, 0.4) is 0 Å². The van der Waals surface area contributed by atoms with Crippen LogP contribution in [0.1, 0.15) is 38.2 Å². The molecule has 7 heteroatoms. The Balaban J connectivity index is 2.70. The Morgan fingerprint density at radius 2 is 1.91 bits per heavy atom. The van der Waals surface area contributed by atoms with Crippen LogP contribution in [0.2, 0.25) is 0 Å². The minimum atomic E-state index is -3.75. The normalized spacial score (nSPS) is 11.8. The zero-order valence-corrected chi connectivity index (χ0v) is 13.6. The van der Waals surface area contributed by atoms with E-state index in [1.807, 2.05) is 13.0 Å². The second kappa shape index (κ2) is 9.05. The number of hydrogen-bond donors (Lipinski definition) is 0. The molecule has 0 aliphatic rings. The van der Waals surface area contributed by atoms with Crippen molar-refractivity contribution in [1.82, 2.24) is 0 Å². The molecule has 6 nitrogen and oxygen atoms in total. The first kappa shape index (κ1) is 18.0. The summed E-state index contributed by atoms with van der Waals surface area (Å²) in [6.45, 7) is 2.04. The van der Waals surface area contributed by atoms with Gasteiger partial charge in [-0.05, 0) is 30.7 Å². The van der Waals surface area contributed by atoms with Crippen LogP contribution < -0.4 is 4.74 Å². The average Bonchev–Trinajstić information content (AvgIpc) is 2.53. The molecule has 0 saturated heterocycles. The lowest BCUT2D eigenvalue weighted by atomic mass is 10.1. The van der Waals surface area contributed by atoms with Crippen molar-refractivity contribution < 1.29 is 17.4 Å². The zero-order valence-electron chi connectivity index (χ0n) is 12.8. The molecule has 0 atom stereocenters. The van der Waals surface area contributed by atoms with E-state index in [1.54, 1.807) is 24.3 Å². The fourth-order valence-electron chi connectivity index (χ4n) is 1.72. The number of oxime groups is 1. The van der Waals surface area contributed by atoms with Crippen molar-refractivity contribution in [2.45, 2.75) is 32.6 Å². The second-order valence-corrected chi connectivity index (χ2v) is 6.35. The first-order valence-corrected chi connectivity index (χ1v) is 8.64. The molecule has 1 aromatic carbocycles. The van der Waals surface area contributed by atoms with Crippen LogP contribution in [-0.2, 0) is 14.4 Å². The third-order valence-electron chi connectivity index (χ3n) is 2.96. The topological polar surface area (TPSA) is 88.8 Å². The van der Waals surface area contributed by atoms with E-state index in [0.29, 0.717) is 17.7 Å². The Labute approximate surface area is 131 Å². The zero-order chi connectivity index (χ0) is 16.4. The number of ether oxygens (including phenoxy) is 1. The molecule has 22 heavy (non-hydrogen) atoms. The molecule has 0 aliphatic carbocycles. The lowest BCUT2D eigenvalue weighted by molar-refractivity contribution is 0.338. The molecule has 0 spiro atoms. The summed E-state index contributed by atoms with van der Waals surface area (Å²) in [4.78, 5) is 0. The summed E-state index contributed by atoms with van der Waals surface area (Å²) in [7, 11) is -2.22. The van der Waals surface area contributed by atoms with Gasteiger partial charge in [0.15, 0.2) is 5.71 Å². The smallest absolute Gasteiger partial charge is 0.328 e. The SMILES string of the molecule is CCCCCCS(=O)(=O)ON=C(C#N)c1ccc(OC)cc1. The van der Waals surface area contributed by atoms with Gasteiger partial charge in [-0.2, -0.15) is 13.7 Å². The van der Waals surface area contributed by atoms with Gasteiger partial charge >= 0.3 is 10.1 Å². The minimum Gasteiger partial charge on any atom is -0.497 e. The Kier molecular flexibility index (Phi) is 7.40. The maximum atomic E-state index is 11.7. The van der Waals surface area contributed by atoms with Crippen LogP contribution in [0, 0.1) is 11.3 Å². The molecule has 0 bridgehead atoms. The molecule has 0 N–H and O–H groups in total. The van der Waals surface area contributed by atoms with Crippen LogP contribution in [-0.4, -0.2) is 27.0 Å². The van der Waals surface area contributed by atoms with Crippen LogP contribution >= 0.6 is 0 Å². The van der Waals surface area contributed by atoms with E-state index >= 15 is 0 Å². The van der Waals surface area contributed by atoms with Crippen LogP contribution in [0.4, 0.5) is 0 Å². The molecular formula is C15H20N2O4S. The standard InChI is InChI=1S/C15H20N2O4S/c1-3-4-5-6-11-22(18,19)21-17-15(12-16)13-7-9-14(20-2)10-8-13/h7-10H,3-6,11H2,1-2H3. The number of unbranched alkanes of at least 4 members (excludes halogenated alkanes) is 3. The first-order chi connectivity index (χ1) is 10.5. The quantitative estimate of drug-likeness (QED) is 0.396. The highest BCUT2D eigenvalue weighted by Crippen LogP contribution is 2.12. The van der Waals surface area contributed by atoms with E-state index in [1.165, 1.54) is 7.11 Å². The Hall–Kier alpha value is -2.07. The number of hydrogen-bond acceptors (Lipinski definition) is 6. The van der Waals surface area contributed by atoms with E-state index in [2.05, 4.69) is 9.44 Å². The number of rotatable bonds is 9. The molecule has 0 heterocycles. The molecule has 120 valence electrons. The highest BCUT2D eigenvalue weighted by molar-refractivity contribution is 7.86. The number of nitrogens with zero attached hydrogens (tertiary/aromatic N) is 2. The van der Waals surface area contributed by atoms with Gasteiger partial charge in [-0.3, -0.25) is 4.28 Å². The Morgan fingerprint density at radius 1 is 1.23 bits per heavy atom. The van der Waals surface area contributed by atoms with Gasteiger partial charge in [-0.1, -0.05) is 31.3 Å². The predicted octanol–water partition coefficient (Wildman–Crippen LogP) is 2.85. The lowest BCUT2D eigenvalue weighted by Gasteiger charge is -2.03. The average molecular weight is 324 g/mol. The summed E-state index contributed by atoms with van der Waals surface area (Å²) >= 11 is 0. The molecular weight excluding hydrogens is 304 g/mol. The Bertz CT molecular complexity index is 631. The van der Waals surface area contributed by atoms with Crippen molar-refractivity contribution >= 4 is 15.8 Å². The highest BCUT2D eigenvalue weighted by Gasteiger charge is 2.12. The van der Waals surface area contributed by atoms with E-state index in [-0.39, 0.29) is 11.5 Å². The number of methoxy groups -OCH3 is 1. The van der Waals surface area contributed by atoms with E-state index in [0.717, 1.165) is 19.3 Å².